The van der Waals surface area contributed by atoms with E-state index in [-0.39, 0.29) is 10.3 Å². The first-order valence-corrected chi connectivity index (χ1v) is 10.1. The van der Waals surface area contributed by atoms with E-state index in [0.717, 1.165) is 16.6 Å². The second kappa shape index (κ2) is 5.44. The molecule has 0 fully saturated rings. The molecule has 136 valence electrons. The van der Waals surface area contributed by atoms with Crippen molar-refractivity contribution in [3.8, 4) is 0 Å². The number of aryl methyl sites for hydroxylation is 2. The van der Waals surface area contributed by atoms with Crippen LogP contribution in [0.3, 0.4) is 0 Å². The zero-order valence-corrected chi connectivity index (χ0v) is 16.6. The summed E-state index contributed by atoms with van der Waals surface area (Å²) in [6.07, 6.45) is 1.40. The first-order valence-electron chi connectivity index (χ1n) is 8.24. The first-order chi connectivity index (χ1) is 12.1. The van der Waals surface area contributed by atoms with Gasteiger partial charge in [-0.2, -0.15) is 5.10 Å². The standard InChI is InChI=1S/C18H19ClN4O2S/c1-11-13-8-12(9-20-17(13)22(4)21-11)26(24,25)23-10-18(2,3)16-14(19)6-5-7-15(16)23/h5-9H,10H2,1-4H3. The Balaban J connectivity index is 1.89. The monoisotopic (exact) mass is 390 g/mol. The van der Waals surface area contributed by atoms with Crippen molar-refractivity contribution in [3.63, 3.8) is 0 Å². The summed E-state index contributed by atoms with van der Waals surface area (Å²) in [5, 5.41) is 5.63. The van der Waals surface area contributed by atoms with Crippen molar-refractivity contribution in [2.24, 2.45) is 7.05 Å². The van der Waals surface area contributed by atoms with Gasteiger partial charge in [0, 0.05) is 41.2 Å². The number of pyridine rings is 1. The third-order valence-electron chi connectivity index (χ3n) is 4.90. The van der Waals surface area contributed by atoms with Gasteiger partial charge >= 0.3 is 0 Å². The van der Waals surface area contributed by atoms with Crippen LogP contribution in [0.5, 0.6) is 0 Å². The Morgan fingerprint density at radius 3 is 2.73 bits per heavy atom. The Labute approximate surface area is 157 Å². The van der Waals surface area contributed by atoms with Crippen LogP contribution in [0.2, 0.25) is 5.02 Å². The number of nitrogens with zero attached hydrogens (tertiary/aromatic N) is 4. The number of benzene rings is 1. The largest absolute Gasteiger partial charge is 0.265 e. The molecular weight excluding hydrogens is 372 g/mol. The summed E-state index contributed by atoms with van der Waals surface area (Å²) in [5.74, 6) is 0. The third kappa shape index (κ3) is 2.34. The van der Waals surface area contributed by atoms with E-state index in [1.807, 2.05) is 20.8 Å². The van der Waals surface area contributed by atoms with Gasteiger partial charge in [-0.15, -0.1) is 0 Å². The number of anilines is 1. The molecule has 0 spiro atoms. The molecular formula is C18H19ClN4O2S. The van der Waals surface area contributed by atoms with Crippen LogP contribution >= 0.6 is 11.6 Å². The summed E-state index contributed by atoms with van der Waals surface area (Å²) < 4.78 is 29.8. The highest BCUT2D eigenvalue weighted by Gasteiger charge is 2.42. The second-order valence-electron chi connectivity index (χ2n) is 7.28. The van der Waals surface area contributed by atoms with Gasteiger partial charge in [-0.3, -0.25) is 8.99 Å². The number of hydrogen-bond acceptors (Lipinski definition) is 4. The molecule has 1 aliphatic rings. The Morgan fingerprint density at radius 2 is 2.00 bits per heavy atom. The van der Waals surface area contributed by atoms with Crippen molar-refractivity contribution >= 4 is 38.3 Å². The summed E-state index contributed by atoms with van der Waals surface area (Å²) in [6.45, 7) is 6.17. The molecule has 2 aromatic heterocycles. The van der Waals surface area contributed by atoms with Crippen molar-refractivity contribution in [2.45, 2.75) is 31.1 Å². The minimum absolute atomic E-state index is 0.157. The maximum Gasteiger partial charge on any atom is 0.265 e. The van der Waals surface area contributed by atoms with Gasteiger partial charge in [0.1, 0.15) is 4.90 Å². The fraction of sp³-hybridized carbons (Fsp3) is 0.333. The van der Waals surface area contributed by atoms with Gasteiger partial charge in [-0.1, -0.05) is 31.5 Å². The predicted molar refractivity (Wildman–Crippen MR) is 102 cm³/mol. The van der Waals surface area contributed by atoms with Gasteiger partial charge in [-0.05, 0) is 25.1 Å². The van der Waals surface area contributed by atoms with Crippen LogP contribution in [0.25, 0.3) is 11.0 Å². The maximum absolute atomic E-state index is 13.4. The number of aromatic nitrogens is 3. The lowest BCUT2D eigenvalue weighted by Crippen LogP contribution is -2.34. The molecule has 0 N–H and O–H groups in total. The molecule has 0 saturated heterocycles. The van der Waals surface area contributed by atoms with Crippen molar-refractivity contribution < 1.29 is 8.42 Å². The van der Waals surface area contributed by atoms with Gasteiger partial charge in [-0.25, -0.2) is 13.4 Å². The first kappa shape index (κ1) is 17.3. The average molecular weight is 391 g/mol. The Morgan fingerprint density at radius 1 is 1.27 bits per heavy atom. The number of sulfonamides is 1. The second-order valence-corrected chi connectivity index (χ2v) is 9.55. The van der Waals surface area contributed by atoms with Gasteiger partial charge < -0.3 is 0 Å². The topological polar surface area (TPSA) is 68.1 Å². The van der Waals surface area contributed by atoms with Crippen LogP contribution in [0, 0.1) is 6.92 Å². The van der Waals surface area contributed by atoms with E-state index in [4.69, 9.17) is 11.6 Å². The molecule has 3 aromatic rings. The van der Waals surface area contributed by atoms with E-state index in [1.165, 1.54) is 10.5 Å². The lowest BCUT2D eigenvalue weighted by Gasteiger charge is -2.22. The Bertz CT molecular complexity index is 1150. The highest BCUT2D eigenvalue weighted by Crippen LogP contribution is 2.46. The van der Waals surface area contributed by atoms with Gasteiger partial charge in [0.2, 0.25) is 0 Å². The van der Waals surface area contributed by atoms with Gasteiger partial charge in [0.05, 0.1) is 11.4 Å². The summed E-state index contributed by atoms with van der Waals surface area (Å²) in [6, 6.07) is 7.02. The zero-order chi connectivity index (χ0) is 18.9. The molecule has 3 heterocycles. The molecule has 8 heteroatoms. The summed E-state index contributed by atoms with van der Waals surface area (Å²) in [5.41, 5.74) is 2.52. The minimum atomic E-state index is -3.76. The molecule has 0 saturated carbocycles. The molecule has 26 heavy (non-hydrogen) atoms. The van der Waals surface area contributed by atoms with E-state index < -0.39 is 10.0 Å². The van der Waals surface area contributed by atoms with Crippen molar-refractivity contribution in [3.05, 3.63) is 46.7 Å². The normalized spacial score (nSPS) is 16.3. The number of hydrogen-bond donors (Lipinski definition) is 0. The molecule has 0 unspecified atom stereocenters. The molecule has 0 bridgehead atoms. The summed E-state index contributed by atoms with van der Waals surface area (Å²) in [7, 11) is -1.97. The Hall–Kier alpha value is -2.12. The fourth-order valence-corrected chi connectivity index (χ4v) is 5.72. The average Bonchev–Trinajstić information content (AvgIpc) is 3.02. The molecule has 0 radical (unpaired) electrons. The van der Waals surface area contributed by atoms with Crippen molar-refractivity contribution in [2.75, 3.05) is 10.8 Å². The van der Waals surface area contributed by atoms with Gasteiger partial charge in [0.15, 0.2) is 5.65 Å². The van der Waals surface area contributed by atoms with E-state index in [0.29, 0.717) is 22.9 Å². The van der Waals surface area contributed by atoms with E-state index in [2.05, 4.69) is 10.1 Å². The van der Waals surface area contributed by atoms with Crippen LogP contribution in [-0.2, 0) is 22.5 Å². The van der Waals surface area contributed by atoms with Crippen LogP contribution in [0.1, 0.15) is 25.1 Å². The molecule has 4 rings (SSSR count). The molecule has 0 atom stereocenters. The lowest BCUT2D eigenvalue weighted by molar-refractivity contribution is 0.554. The SMILES string of the molecule is Cc1nn(C)c2ncc(S(=O)(=O)N3CC(C)(C)c4c(Cl)cccc43)cc12. The molecule has 0 amide bonds. The molecule has 1 aliphatic heterocycles. The summed E-state index contributed by atoms with van der Waals surface area (Å²) in [4.78, 5) is 4.47. The highest BCUT2D eigenvalue weighted by atomic mass is 35.5. The molecule has 6 nitrogen and oxygen atoms in total. The molecule has 0 aliphatic carbocycles. The van der Waals surface area contributed by atoms with Crippen molar-refractivity contribution in [1.82, 2.24) is 14.8 Å². The number of halogens is 1. The van der Waals surface area contributed by atoms with E-state index in [9.17, 15) is 8.42 Å². The highest BCUT2D eigenvalue weighted by molar-refractivity contribution is 7.92. The van der Waals surface area contributed by atoms with Crippen LogP contribution < -0.4 is 4.31 Å². The maximum atomic E-state index is 13.4. The van der Waals surface area contributed by atoms with E-state index in [1.54, 1.807) is 36.0 Å². The minimum Gasteiger partial charge on any atom is -0.265 e. The Kier molecular flexibility index (Phi) is 3.62. The van der Waals surface area contributed by atoms with Crippen LogP contribution in [0.4, 0.5) is 5.69 Å². The fourth-order valence-electron chi connectivity index (χ4n) is 3.69. The zero-order valence-electron chi connectivity index (χ0n) is 15.0. The smallest absolute Gasteiger partial charge is 0.265 e. The number of fused-ring (bicyclic) bond motifs is 2. The van der Waals surface area contributed by atoms with Crippen LogP contribution in [0.15, 0.2) is 35.4 Å². The lowest BCUT2D eigenvalue weighted by atomic mass is 9.87. The number of rotatable bonds is 2. The van der Waals surface area contributed by atoms with Gasteiger partial charge in [0.25, 0.3) is 10.0 Å². The third-order valence-corrected chi connectivity index (χ3v) is 6.94. The van der Waals surface area contributed by atoms with E-state index >= 15 is 0 Å². The van der Waals surface area contributed by atoms with Crippen LogP contribution in [-0.4, -0.2) is 29.7 Å². The quantitative estimate of drug-likeness (QED) is 0.672. The van der Waals surface area contributed by atoms with Crippen molar-refractivity contribution in [1.29, 1.82) is 0 Å². The molecule has 1 aromatic carbocycles. The summed E-state index contributed by atoms with van der Waals surface area (Å²) >= 11 is 6.37. The predicted octanol–water partition coefficient (Wildman–Crippen LogP) is 3.42.